The molecule has 0 bridgehead atoms. The molecule has 0 saturated heterocycles. The van der Waals surface area contributed by atoms with E-state index in [1.54, 1.807) is 0 Å². The lowest BCUT2D eigenvalue weighted by molar-refractivity contribution is -0.137. The van der Waals surface area contributed by atoms with Gasteiger partial charge in [0.25, 0.3) is 5.91 Å². The number of carbonyl (C=O) groups excluding carboxylic acids is 2. The van der Waals surface area contributed by atoms with Gasteiger partial charge in [0.2, 0.25) is 5.91 Å². The van der Waals surface area contributed by atoms with Crippen LogP contribution in [0.1, 0.15) is 27.4 Å². The van der Waals surface area contributed by atoms with Crippen molar-refractivity contribution < 1.29 is 31.5 Å². The predicted molar refractivity (Wildman–Crippen MR) is 132 cm³/mol. The molecule has 1 aliphatic rings. The quantitative estimate of drug-likeness (QED) is 0.231. The standard InChI is InChI=1S/C24H13Cl4F5N2O2/c25-12-6-10(5-11(7-12)24(31,32)33)19-20(23(19,27)28)22(37)34-14-2-3-16(26)15(9-14)21(36)35-18-4-1-13(29)8-17(18)30/h1-9,19-20H,(H,34,37)(H,35,36)/t19-,20+/m0/s1. The van der Waals surface area contributed by atoms with E-state index < -0.39 is 51.4 Å². The molecule has 0 spiro atoms. The van der Waals surface area contributed by atoms with Gasteiger partial charge in [0.15, 0.2) is 0 Å². The van der Waals surface area contributed by atoms with Crippen LogP contribution in [0.2, 0.25) is 10.0 Å². The summed E-state index contributed by atoms with van der Waals surface area (Å²) in [6, 6.07) is 9.21. The molecular formula is C24H13Cl4F5N2O2. The second-order valence-electron chi connectivity index (χ2n) is 8.16. The zero-order valence-corrected chi connectivity index (χ0v) is 21.1. The number of benzene rings is 3. The number of carbonyl (C=O) groups is 2. The third kappa shape index (κ3) is 5.80. The first-order valence-electron chi connectivity index (χ1n) is 10.3. The van der Waals surface area contributed by atoms with Crippen LogP contribution in [0.4, 0.5) is 33.3 Å². The van der Waals surface area contributed by atoms with Crippen molar-refractivity contribution in [1.82, 2.24) is 0 Å². The Kier molecular flexibility index (Phi) is 7.38. The van der Waals surface area contributed by atoms with Crippen molar-refractivity contribution in [2.24, 2.45) is 5.92 Å². The Hall–Kier alpha value is -2.59. The molecule has 3 aromatic rings. The summed E-state index contributed by atoms with van der Waals surface area (Å²) in [6.45, 7) is 0. The van der Waals surface area contributed by atoms with E-state index in [0.717, 1.165) is 24.3 Å². The van der Waals surface area contributed by atoms with E-state index in [9.17, 15) is 31.5 Å². The molecule has 0 radical (unpaired) electrons. The van der Waals surface area contributed by atoms with Gasteiger partial charge in [-0.25, -0.2) is 8.78 Å². The number of halogens is 9. The molecule has 1 fully saturated rings. The molecule has 2 N–H and O–H groups in total. The van der Waals surface area contributed by atoms with Gasteiger partial charge in [-0.05, 0) is 54.1 Å². The minimum absolute atomic E-state index is 0.0301. The highest BCUT2D eigenvalue weighted by Crippen LogP contribution is 2.65. The van der Waals surface area contributed by atoms with Crippen LogP contribution in [0.15, 0.2) is 54.6 Å². The van der Waals surface area contributed by atoms with E-state index in [-0.39, 0.29) is 32.5 Å². The van der Waals surface area contributed by atoms with Gasteiger partial charge in [-0.15, -0.1) is 23.2 Å². The van der Waals surface area contributed by atoms with Crippen LogP contribution in [0.5, 0.6) is 0 Å². The number of rotatable bonds is 5. The number of amides is 2. The van der Waals surface area contributed by atoms with Crippen LogP contribution in [-0.2, 0) is 11.0 Å². The van der Waals surface area contributed by atoms with Crippen molar-refractivity contribution in [2.75, 3.05) is 10.6 Å². The molecule has 0 heterocycles. The van der Waals surface area contributed by atoms with Crippen molar-refractivity contribution in [3.05, 3.63) is 93.0 Å². The number of nitrogens with one attached hydrogen (secondary N) is 2. The molecular weight excluding hydrogens is 585 g/mol. The molecule has 3 aromatic carbocycles. The van der Waals surface area contributed by atoms with Crippen LogP contribution in [0, 0.1) is 17.6 Å². The van der Waals surface area contributed by atoms with Crippen molar-refractivity contribution in [3.63, 3.8) is 0 Å². The van der Waals surface area contributed by atoms with E-state index in [1.807, 2.05) is 0 Å². The molecule has 0 aromatic heterocycles. The second-order valence-corrected chi connectivity index (χ2v) is 10.5. The van der Waals surface area contributed by atoms with Crippen LogP contribution in [0.3, 0.4) is 0 Å². The summed E-state index contributed by atoms with van der Waals surface area (Å²) in [5.74, 6) is -5.56. The lowest BCUT2D eigenvalue weighted by Gasteiger charge is -2.11. The van der Waals surface area contributed by atoms with E-state index in [0.29, 0.717) is 6.07 Å². The topological polar surface area (TPSA) is 58.2 Å². The molecule has 1 aliphatic carbocycles. The van der Waals surface area contributed by atoms with Gasteiger partial charge >= 0.3 is 6.18 Å². The summed E-state index contributed by atoms with van der Waals surface area (Å²) in [4.78, 5) is 25.5. The monoisotopic (exact) mass is 596 g/mol. The zero-order chi connectivity index (χ0) is 27.3. The van der Waals surface area contributed by atoms with Gasteiger partial charge in [-0.3, -0.25) is 9.59 Å². The van der Waals surface area contributed by atoms with Gasteiger partial charge in [0.05, 0.1) is 27.8 Å². The normalized spacial score (nSPS) is 18.3. The predicted octanol–water partition coefficient (Wildman–Crippen LogP) is 8.07. The summed E-state index contributed by atoms with van der Waals surface area (Å²) in [7, 11) is 0. The summed E-state index contributed by atoms with van der Waals surface area (Å²) in [5.41, 5.74) is -1.36. The maximum Gasteiger partial charge on any atom is 0.416 e. The minimum atomic E-state index is -4.68. The average molecular weight is 598 g/mol. The number of anilines is 2. The second kappa shape index (κ2) is 9.94. The molecule has 1 saturated carbocycles. The lowest BCUT2D eigenvalue weighted by Crippen LogP contribution is -2.18. The summed E-state index contributed by atoms with van der Waals surface area (Å²) < 4.78 is 64.9. The fraction of sp³-hybridized carbons (Fsp3) is 0.167. The molecule has 0 aliphatic heterocycles. The largest absolute Gasteiger partial charge is 0.416 e. The van der Waals surface area contributed by atoms with E-state index in [4.69, 9.17) is 46.4 Å². The maximum atomic E-state index is 13.9. The summed E-state index contributed by atoms with van der Waals surface area (Å²) in [5, 5.41) is 4.51. The number of alkyl halides is 5. The smallest absolute Gasteiger partial charge is 0.326 e. The number of hydrogen-bond acceptors (Lipinski definition) is 2. The van der Waals surface area contributed by atoms with Gasteiger partial charge in [-0.1, -0.05) is 23.2 Å². The lowest BCUT2D eigenvalue weighted by atomic mass is 10.0. The van der Waals surface area contributed by atoms with Crippen molar-refractivity contribution >= 4 is 69.6 Å². The van der Waals surface area contributed by atoms with Crippen LogP contribution in [0.25, 0.3) is 0 Å². The maximum absolute atomic E-state index is 13.9. The van der Waals surface area contributed by atoms with Gasteiger partial charge in [-0.2, -0.15) is 13.2 Å². The fourth-order valence-electron chi connectivity index (χ4n) is 3.80. The Morgan fingerprint density at radius 3 is 2.24 bits per heavy atom. The zero-order valence-electron chi connectivity index (χ0n) is 18.1. The molecule has 37 heavy (non-hydrogen) atoms. The molecule has 13 heteroatoms. The van der Waals surface area contributed by atoms with Crippen molar-refractivity contribution in [3.8, 4) is 0 Å². The van der Waals surface area contributed by atoms with Gasteiger partial charge < -0.3 is 10.6 Å². The molecule has 0 unspecified atom stereocenters. The molecule has 2 atom stereocenters. The van der Waals surface area contributed by atoms with Crippen molar-refractivity contribution in [1.29, 1.82) is 0 Å². The highest BCUT2D eigenvalue weighted by molar-refractivity contribution is 6.53. The average Bonchev–Trinajstić information content (AvgIpc) is 3.38. The Morgan fingerprint density at radius 2 is 1.59 bits per heavy atom. The van der Waals surface area contributed by atoms with E-state index in [1.165, 1.54) is 24.3 Å². The van der Waals surface area contributed by atoms with Crippen LogP contribution < -0.4 is 10.6 Å². The molecule has 4 rings (SSSR count). The first-order chi connectivity index (χ1) is 17.2. The Labute approximate surface area is 226 Å². The summed E-state index contributed by atoms with van der Waals surface area (Å²) >= 11 is 24.4. The van der Waals surface area contributed by atoms with E-state index >= 15 is 0 Å². The Balaban J connectivity index is 1.53. The summed E-state index contributed by atoms with van der Waals surface area (Å²) in [6.07, 6.45) is -4.68. The van der Waals surface area contributed by atoms with E-state index in [2.05, 4.69) is 10.6 Å². The Bertz CT molecular complexity index is 1410. The third-order valence-corrected chi connectivity index (χ3v) is 7.09. The minimum Gasteiger partial charge on any atom is -0.326 e. The van der Waals surface area contributed by atoms with Gasteiger partial charge in [0, 0.05) is 22.7 Å². The molecule has 194 valence electrons. The first kappa shape index (κ1) is 27.4. The van der Waals surface area contributed by atoms with Gasteiger partial charge in [0.1, 0.15) is 16.0 Å². The SMILES string of the molecule is O=C(Nc1ccc(F)cc1F)c1cc(NC(=O)[C@H]2[C@H](c3cc(Cl)cc(C(F)(F)F)c3)C2(Cl)Cl)ccc1Cl. The van der Waals surface area contributed by atoms with Crippen LogP contribution >= 0.6 is 46.4 Å². The Morgan fingerprint density at radius 1 is 0.892 bits per heavy atom. The third-order valence-electron chi connectivity index (χ3n) is 5.60. The van der Waals surface area contributed by atoms with Crippen molar-refractivity contribution in [2.45, 2.75) is 16.4 Å². The highest BCUT2D eigenvalue weighted by Gasteiger charge is 2.67. The first-order valence-corrected chi connectivity index (χ1v) is 11.8. The van der Waals surface area contributed by atoms with Crippen LogP contribution in [-0.4, -0.2) is 16.1 Å². The highest BCUT2D eigenvalue weighted by atomic mass is 35.5. The number of hydrogen-bond donors (Lipinski definition) is 2. The molecule has 2 amide bonds. The fourth-order valence-corrected chi connectivity index (χ4v) is 5.08. The molecule has 4 nitrogen and oxygen atoms in total.